The van der Waals surface area contributed by atoms with E-state index in [2.05, 4.69) is 25.0 Å². The zero-order valence-corrected chi connectivity index (χ0v) is 12.9. The summed E-state index contributed by atoms with van der Waals surface area (Å²) in [5, 5.41) is 19.7. The lowest BCUT2D eigenvalue weighted by atomic mass is 10.1. The number of aliphatic hydroxyl groups is 2. The van der Waals surface area contributed by atoms with Crippen molar-refractivity contribution in [3.63, 3.8) is 0 Å². The molecule has 0 amide bonds. The summed E-state index contributed by atoms with van der Waals surface area (Å²) in [6, 6.07) is 1.33. The van der Waals surface area contributed by atoms with Gasteiger partial charge in [-0.3, -0.25) is 9.09 Å². The van der Waals surface area contributed by atoms with Crippen molar-refractivity contribution in [2.45, 2.75) is 24.5 Å². The number of ether oxygens (including phenoxy) is 1. The van der Waals surface area contributed by atoms with Crippen molar-refractivity contribution in [3.8, 4) is 0 Å². The van der Waals surface area contributed by atoms with Crippen LogP contribution in [0.5, 0.6) is 0 Å². The van der Waals surface area contributed by atoms with Gasteiger partial charge in [-0.1, -0.05) is 0 Å². The first-order chi connectivity index (χ1) is 9.69. The van der Waals surface area contributed by atoms with Gasteiger partial charge in [-0.15, -0.1) is 0 Å². The van der Waals surface area contributed by atoms with Gasteiger partial charge in [0.2, 0.25) is 0 Å². The second-order valence-corrected chi connectivity index (χ2v) is 8.19. The summed E-state index contributed by atoms with van der Waals surface area (Å²) in [5.41, 5.74) is 4.59. The van der Waals surface area contributed by atoms with Gasteiger partial charge in [0.05, 0.1) is 6.61 Å². The maximum atomic E-state index is 11.7. The summed E-state index contributed by atoms with van der Waals surface area (Å²) >= 11 is 2.41. The van der Waals surface area contributed by atoms with E-state index in [1.807, 2.05) is 0 Å². The molecule has 0 saturated carbocycles. The number of hydrogen-bond donors (Lipinski definition) is 4. The molecule has 1 aliphatic rings. The number of anilines is 1. The molecule has 5 atom stereocenters. The summed E-state index contributed by atoms with van der Waals surface area (Å²) in [4.78, 5) is 24.1. The van der Waals surface area contributed by atoms with Crippen molar-refractivity contribution in [1.29, 1.82) is 0 Å². The molecule has 0 radical (unpaired) electrons. The predicted octanol–water partition coefficient (Wildman–Crippen LogP) is -1.04. The SMILES string of the molecule is Nc1ccn([C@@H]2O[C@H](COP(=O)(O)Br)[C@@H](O)[C@H]2O)c(=O)n1. The Morgan fingerprint density at radius 2 is 2.19 bits per heavy atom. The van der Waals surface area contributed by atoms with Crippen LogP contribution in [0.15, 0.2) is 17.1 Å². The monoisotopic (exact) mass is 385 g/mol. The topological polar surface area (TPSA) is 157 Å². The summed E-state index contributed by atoms with van der Waals surface area (Å²) in [7, 11) is 0. The minimum Gasteiger partial charge on any atom is -0.387 e. The molecule has 118 valence electrons. The highest BCUT2D eigenvalue weighted by Crippen LogP contribution is 2.50. The molecule has 10 nitrogen and oxygen atoms in total. The van der Waals surface area contributed by atoms with Crippen LogP contribution in [-0.4, -0.2) is 49.6 Å². The van der Waals surface area contributed by atoms with Crippen molar-refractivity contribution >= 4 is 27.6 Å². The van der Waals surface area contributed by atoms with E-state index < -0.39 is 43.1 Å². The fraction of sp³-hybridized carbons (Fsp3) is 0.556. The molecule has 21 heavy (non-hydrogen) atoms. The Morgan fingerprint density at radius 3 is 2.76 bits per heavy atom. The third-order valence-corrected chi connectivity index (χ3v) is 3.94. The van der Waals surface area contributed by atoms with Crippen LogP contribution in [0.3, 0.4) is 0 Å². The normalized spacial score (nSPS) is 32.0. The molecule has 1 aliphatic heterocycles. The van der Waals surface area contributed by atoms with Gasteiger partial charge in [-0.25, -0.2) is 9.36 Å². The Hall–Kier alpha value is -0.810. The molecule has 1 unspecified atom stereocenters. The lowest BCUT2D eigenvalue weighted by molar-refractivity contribution is -0.0518. The summed E-state index contributed by atoms with van der Waals surface area (Å²) in [6.07, 6.45) is -7.81. The van der Waals surface area contributed by atoms with Gasteiger partial charge in [-0.2, -0.15) is 4.98 Å². The fourth-order valence-electron chi connectivity index (χ4n) is 1.88. The number of nitrogen functional groups attached to an aromatic ring is 1. The van der Waals surface area contributed by atoms with E-state index in [-0.39, 0.29) is 5.82 Å². The highest BCUT2D eigenvalue weighted by molar-refractivity contribution is 9.39. The van der Waals surface area contributed by atoms with Gasteiger partial charge >= 0.3 is 12.0 Å². The minimum atomic E-state index is -3.93. The molecule has 0 spiro atoms. The number of hydrogen-bond acceptors (Lipinski definition) is 8. The maximum absolute atomic E-state index is 11.7. The molecular weight excluding hydrogens is 373 g/mol. The molecule has 0 bridgehead atoms. The quantitative estimate of drug-likeness (QED) is 0.474. The van der Waals surface area contributed by atoms with Crippen molar-refractivity contribution in [1.82, 2.24) is 9.55 Å². The number of rotatable bonds is 4. The van der Waals surface area contributed by atoms with E-state index in [9.17, 15) is 19.6 Å². The van der Waals surface area contributed by atoms with Crippen molar-refractivity contribution < 1.29 is 28.9 Å². The molecule has 1 fully saturated rings. The third kappa shape index (κ3) is 3.89. The average molecular weight is 386 g/mol. The highest BCUT2D eigenvalue weighted by atomic mass is 79.9. The Kier molecular flexibility index (Phi) is 4.83. The zero-order chi connectivity index (χ0) is 15.8. The fourth-order valence-corrected chi connectivity index (χ4v) is 2.57. The van der Waals surface area contributed by atoms with Crippen molar-refractivity contribution in [2.75, 3.05) is 12.3 Å². The molecule has 1 aromatic rings. The van der Waals surface area contributed by atoms with Gasteiger partial charge in [0.25, 0.3) is 0 Å². The van der Waals surface area contributed by atoms with Crippen LogP contribution in [0.4, 0.5) is 5.82 Å². The average Bonchev–Trinajstić information content (AvgIpc) is 2.64. The van der Waals surface area contributed by atoms with Crippen LogP contribution in [0.25, 0.3) is 0 Å². The van der Waals surface area contributed by atoms with Gasteiger partial charge in [0, 0.05) is 21.7 Å². The van der Waals surface area contributed by atoms with E-state index in [1.54, 1.807) is 0 Å². The number of aliphatic hydroxyl groups excluding tert-OH is 2. The third-order valence-electron chi connectivity index (χ3n) is 2.86. The van der Waals surface area contributed by atoms with E-state index in [0.29, 0.717) is 0 Å². The first-order valence-electron chi connectivity index (χ1n) is 5.72. The highest BCUT2D eigenvalue weighted by Gasteiger charge is 2.44. The Balaban J connectivity index is 2.16. The second kappa shape index (κ2) is 6.13. The van der Waals surface area contributed by atoms with Crippen molar-refractivity contribution in [3.05, 3.63) is 22.7 Å². The smallest absolute Gasteiger partial charge is 0.387 e. The molecular formula is C9H13BrN3O7P. The van der Waals surface area contributed by atoms with E-state index in [0.717, 1.165) is 4.57 Å². The van der Waals surface area contributed by atoms with E-state index >= 15 is 0 Å². The van der Waals surface area contributed by atoms with Gasteiger partial charge < -0.3 is 25.6 Å². The first kappa shape index (κ1) is 16.6. The zero-order valence-electron chi connectivity index (χ0n) is 10.4. The predicted molar refractivity (Wildman–Crippen MR) is 73.5 cm³/mol. The summed E-state index contributed by atoms with van der Waals surface area (Å²) in [5.74, 6) is 0.00433. The Labute approximate surface area is 126 Å². The molecule has 0 aliphatic carbocycles. The maximum Gasteiger partial charge on any atom is 0.393 e. The van der Waals surface area contributed by atoms with Crippen LogP contribution >= 0.6 is 21.8 Å². The van der Waals surface area contributed by atoms with Crippen LogP contribution in [-0.2, 0) is 13.8 Å². The number of halogens is 1. The largest absolute Gasteiger partial charge is 0.393 e. The van der Waals surface area contributed by atoms with Crippen molar-refractivity contribution in [2.24, 2.45) is 0 Å². The van der Waals surface area contributed by atoms with Gasteiger partial charge in [0.1, 0.15) is 24.1 Å². The number of nitrogens with two attached hydrogens (primary N) is 1. The molecule has 0 aromatic carbocycles. The van der Waals surface area contributed by atoms with Crippen LogP contribution in [0, 0.1) is 0 Å². The number of nitrogens with zero attached hydrogens (tertiary/aromatic N) is 2. The minimum absolute atomic E-state index is 0.00433. The molecule has 5 N–H and O–H groups in total. The van der Waals surface area contributed by atoms with E-state index in [1.165, 1.54) is 12.3 Å². The Morgan fingerprint density at radius 1 is 1.52 bits per heavy atom. The second-order valence-electron chi connectivity index (χ2n) is 4.34. The molecule has 2 rings (SSSR count). The summed E-state index contributed by atoms with van der Waals surface area (Å²) < 4.78 is 21.8. The first-order valence-corrected chi connectivity index (χ1v) is 9.32. The van der Waals surface area contributed by atoms with Gasteiger partial charge in [0.15, 0.2) is 6.23 Å². The number of aromatic nitrogens is 2. The lowest BCUT2D eigenvalue weighted by Gasteiger charge is -2.16. The van der Waals surface area contributed by atoms with Crippen LogP contribution in [0.1, 0.15) is 6.23 Å². The van der Waals surface area contributed by atoms with Crippen LogP contribution < -0.4 is 11.4 Å². The summed E-state index contributed by atoms with van der Waals surface area (Å²) in [6.45, 7) is -0.453. The Bertz CT molecular complexity index is 620. The molecule has 12 heteroatoms. The molecule has 1 aromatic heterocycles. The molecule has 1 saturated heterocycles. The van der Waals surface area contributed by atoms with Gasteiger partial charge in [-0.05, 0) is 6.07 Å². The van der Waals surface area contributed by atoms with E-state index in [4.69, 9.17) is 15.4 Å². The standard InChI is InChI=1S/C9H13BrN3O7P/c10-21(17,18)19-3-4-6(14)7(15)8(20-4)13-2-1-5(11)12-9(13)16/h1-2,4,6-8,14-15H,3H2,(H,17,18)(H2,11,12,16)/t4-,6-,7-,8-/m1/s1. The lowest BCUT2D eigenvalue weighted by Crippen LogP contribution is -2.36. The van der Waals surface area contributed by atoms with Crippen LogP contribution in [0.2, 0.25) is 0 Å². The molecule has 2 heterocycles.